The molecule has 1 aliphatic rings. The van der Waals surface area contributed by atoms with Crippen LogP contribution in [0.4, 0.5) is 0 Å². The number of likely N-dealkylation sites (tertiary alicyclic amines) is 1. The summed E-state index contributed by atoms with van der Waals surface area (Å²) in [7, 11) is 0. The Morgan fingerprint density at radius 2 is 1.80 bits per heavy atom. The van der Waals surface area contributed by atoms with Crippen molar-refractivity contribution in [1.82, 2.24) is 4.90 Å². The first-order valence-electron chi connectivity index (χ1n) is 5.74. The molecule has 0 aliphatic carbocycles. The first kappa shape index (κ1) is 12.0. The molecule has 1 fully saturated rings. The van der Waals surface area contributed by atoms with Gasteiger partial charge in [-0.3, -0.25) is 4.79 Å². The van der Waals surface area contributed by atoms with Gasteiger partial charge in [0.25, 0.3) is 0 Å². The highest BCUT2D eigenvalue weighted by Gasteiger charge is 2.25. The summed E-state index contributed by atoms with van der Waals surface area (Å²) in [5, 5.41) is 8.88. The minimum Gasteiger partial charge on any atom is -0.343 e. The fourth-order valence-corrected chi connectivity index (χ4v) is 1.85. The number of hydrogen-bond acceptors (Lipinski definition) is 2. The summed E-state index contributed by atoms with van der Waals surface area (Å²) in [6.07, 6.45) is 5.03. The lowest BCUT2D eigenvalue weighted by Crippen LogP contribution is -2.34. The zero-order valence-corrected chi connectivity index (χ0v) is 9.75. The Labute approximate surface area is 92.1 Å². The molecule has 0 saturated carbocycles. The number of nitriles is 1. The van der Waals surface area contributed by atoms with Crippen LogP contribution in [0.15, 0.2) is 0 Å². The van der Waals surface area contributed by atoms with E-state index in [4.69, 9.17) is 5.26 Å². The van der Waals surface area contributed by atoms with Gasteiger partial charge in [0.2, 0.25) is 5.91 Å². The number of carbonyl (C=O) groups excluding carboxylic acids is 1. The molecule has 0 atom stereocenters. The number of carbonyl (C=O) groups is 1. The van der Waals surface area contributed by atoms with Gasteiger partial charge in [-0.1, -0.05) is 12.8 Å². The molecular formula is C12H20N2O. The van der Waals surface area contributed by atoms with E-state index in [-0.39, 0.29) is 5.91 Å². The van der Waals surface area contributed by atoms with Crippen LogP contribution >= 0.6 is 0 Å². The van der Waals surface area contributed by atoms with Gasteiger partial charge in [-0.25, -0.2) is 0 Å². The average molecular weight is 208 g/mol. The minimum atomic E-state index is -0.524. The second-order valence-electron chi connectivity index (χ2n) is 4.97. The third-order valence-electron chi connectivity index (χ3n) is 2.85. The topological polar surface area (TPSA) is 44.1 Å². The van der Waals surface area contributed by atoms with Gasteiger partial charge in [0.1, 0.15) is 0 Å². The largest absolute Gasteiger partial charge is 0.343 e. The van der Waals surface area contributed by atoms with Gasteiger partial charge in [-0.15, -0.1) is 0 Å². The van der Waals surface area contributed by atoms with Gasteiger partial charge >= 0.3 is 0 Å². The van der Waals surface area contributed by atoms with E-state index < -0.39 is 5.41 Å². The SMILES string of the molecule is CC(C)(C#N)CC(=O)N1CCCCCC1. The van der Waals surface area contributed by atoms with Gasteiger partial charge in [-0.05, 0) is 26.7 Å². The molecule has 0 radical (unpaired) electrons. The molecular weight excluding hydrogens is 188 g/mol. The monoisotopic (exact) mass is 208 g/mol. The van der Waals surface area contributed by atoms with Crippen LogP contribution in [0.1, 0.15) is 46.0 Å². The van der Waals surface area contributed by atoms with Gasteiger partial charge in [-0.2, -0.15) is 5.26 Å². The average Bonchev–Trinajstić information content (AvgIpc) is 2.45. The van der Waals surface area contributed by atoms with Gasteiger partial charge in [0.15, 0.2) is 0 Å². The molecule has 1 saturated heterocycles. The van der Waals surface area contributed by atoms with E-state index in [1.807, 2.05) is 18.7 Å². The highest BCUT2D eigenvalue weighted by molar-refractivity contribution is 5.77. The van der Waals surface area contributed by atoms with Crippen molar-refractivity contribution in [3.63, 3.8) is 0 Å². The normalized spacial score (nSPS) is 18.1. The van der Waals surface area contributed by atoms with Crippen molar-refractivity contribution in [2.24, 2.45) is 5.41 Å². The van der Waals surface area contributed by atoms with E-state index in [1.165, 1.54) is 12.8 Å². The molecule has 1 aliphatic heterocycles. The van der Waals surface area contributed by atoms with Crippen LogP contribution in [0.5, 0.6) is 0 Å². The molecule has 0 N–H and O–H groups in total. The van der Waals surface area contributed by atoms with Crippen molar-refractivity contribution >= 4 is 5.91 Å². The fraction of sp³-hybridized carbons (Fsp3) is 0.833. The summed E-state index contributed by atoms with van der Waals surface area (Å²) in [4.78, 5) is 13.8. The minimum absolute atomic E-state index is 0.142. The van der Waals surface area contributed by atoms with Crippen molar-refractivity contribution in [3.8, 4) is 6.07 Å². The maximum Gasteiger partial charge on any atom is 0.224 e. The summed E-state index contributed by atoms with van der Waals surface area (Å²) >= 11 is 0. The van der Waals surface area contributed by atoms with E-state index in [0.717, 1.165) is 25.9 Å². The number of nitrogens with zero attached hydrogens (tertiary/aromatic N) is 2. The third kappa shape index (κ3) is 3.91. The molecule has 3 heteroatoms. The summed E-state index contributed by atoms with van der Waals surface area (Å²) in [5.41, 5.74) is -0.524. The lowest BCUT2D eigenvalue weighted by atomic mass is 9.91. The number of rotatable bonds is 2. The molecule has 0 aromatic heterocycles. The van der Waals surface area contributed by atoms with Crippen molar-refractivity contribution in [3.05, 3.63) is 0 Å². The van der Waals surface area contributed by atoms with Crippen LogP contribution in [-0.4, -0.2) is 23.9 Å². The predicted molar refractivity (Wildman–Crippen MR) is 59.1 cm³/mol. The molecule has 1 rings (SSSR count). The van der Waals surface area contributed by atoms with Crippen molar-refractivity contribution in [2.75, 3.05) is 13.1 Å². The Morgan fingerprint density at radius 1 is 1.27 bits per heavy atom. The quantitative estimate of drug-likeness (QED) is 0.699. The molecule has 15 heavy (non-hydrogen) atoms. The highest BCUT2D eigenvalue weighted by atomic mass is 16.2. The molecule has 3 nitrogen and oxygen atoms in total. The molecule has 1 heterocycles. The van der Waals surface area contributed by atoms with Crippen LogP contribution in [-0.2, 0) is 4.79 Å². The van der Waals surface area contributed by atoms with E-state index in [0.29, 0.717) is 6.42 Å². The first-order valence-corrected chi connectivity index (χ1v) is 5.74. The zero-order chi connectivity index (χ0) is 11.3. The van der Waals surface area contributed by atoms with Crippen LogP contribution < -0.4 is 0 Å². The smallest absolute Gasteiger partial charge is 0.224 e. The van der Waals surface area contributed by atoms with Gasteiger partial charge < -0.3 is 4.90 Å². The molecule has 0 spiro atoms. The Bertz CT molecular complexity index is 257. The van der Waals surface area contributed by atoms with Crippen LogP contribution in [0.2, 0.25) is 0 Å². The first-order chi connectivity index (χ1) is 7.05. The van der Waals surface area contributed by atoms with E-state index in [1.54, 1.807) is 0 Å². The Kier molecular flexibility index (Phi) is 4.14. The fourth-order valence-electron chi connectivity index (χ4n) is 1.85. The highest BCUT2D eigenvalue weighted by Crippen LogP contribution is 2.21. The Morgan fingerprint density at radius 3 is 2.27 bits per heavy atom. The number of hydrogen-bond donors (Lipinski definition) is 0. The maximum absolute atomic E-state index is 11.9. The van der Waals surface area contributed by atoms with Crippen molar-refractivity contribution in [2.45, 2.75) is 46.0 Å². The third-order valence-corrected chi connectivity index (χ3v) is 2.85. The van der Waals surface area contributed by atoms with Crippen LogP contribution in [0.25, 0.3) is 0 Å². The van der Waals surface area contributed by atoms with Crippen molar-refractivity contribution < 1.29 is 4.79 Å². The summed E-state index contributed by atoms with van der Waals surface area (Å²) in [6.45, 7) is 5.39. The van der Waals surface area contributed by atoms with E-state index in [9.17, 15) is 4.79 Å². The summed E-state index contributed by atoms with van der Waals surface area (Å²) in [6, 6.07) is 2.18. The van der Waals surface area contributed by atoms with E-state index in [2.05, 4.69) is 6.07 Å². The molecule has 0 aromatic carbocycles. The Balaban J connectivity index is 2.49. The lowest BCUT2D eigenvalue weighted by molar-refractivity contribution is -0.132. The summed E-state index contributed by atoms with van der Waals surface area (Å²) < 4.78 is 0. The van der Waals surface area contributed by atoms with Gasteiger partial charge in [0.05, 0.1) is 11.5 Å². The Hall–Kier alpha value is -1.04. The second kappa shape index (κ2) is 5.16. The molecule has 0 unspecified atom stereocenters. The summed E-state index contributed by atoms with van der Waals surface area (Å²) in [5.74, 6) is 0.142. The molecule has 0 bridgehead atoms. The molecule has 1 amide bonds. The van der Waals surface area contributed by atoms with Crippen LogP contribution in [0.3, 0.4) is 0 Å². The number of amides is 1. The lowest BCUT2D eigenvalue weighted by Gasteiger charge is -2.23. The molecule has 0 aromatic rings. The van der Waals surface area contributed by atoms with Crippen molar-refractivity contribution in [1.29, 1.82) is 5.26 Å². The standard InChI is InChI=1S/C12H20N2O/c1-12(2,10-13)9-11(15)14-7-5-3-4-6-8-14/h3-9H2,1-2H3. The van der Waals surface area contributed by atoms with Gasteiger partial charge in [0, 0.05) is 19.5 Å². The van der Waals surface area contributed by atoms with Crippen LogP contribution in [0, 0.1) is 16.7 Å². The predicted octanol–water partition coefficient (Wildman–Crippen LogP) is 2.33. The zero-order valence-electron chi connectivity index (χ0n) is 9.75. The molecule has 84 valence electrons. The van der Waals surface area contributed by atoms with E-state index >= 15 is 0 Å². The second-order valence-corrected chi connectivity index (χ2v) is 4.97. The maximum atomic E-state index is 11.9.